The fraction of sp³-hybridized carbons (Fsp3) is 0.600. The second-order valence-electron chi connectivity index (χ2n) is 5.27. The zero-order valence-corrected chi connectivity index (χ0v) is 12.3. The van der Waals surface area contributed by atoms with E-state index in [0.717, 1.165) is 37.7 Å². The normalized spacial score (nSPS) is 17.8. The van der Waals surface area contributed by atoms with Crippen LogP contribution in [0.3, 0.4) is 0 Å². The summed E-state index contributed by atoms with van der Waals surface area (Å²) in [6.07, 6.45) is -0.476. The molecular weight excluding hydrogens is 256 g/mol. The maximum absolute atomic E-state index is 10.0. The maximum Gasteiger partial charge on any atom is 0.121 e. The van der Waals surface area contributed by atoms with Crippen LogP contribution in [0.4, 0.5) is 5.69 Å². The number of hydrogen-bond acceptors (Lipinski definition) is 5. The minimum Gasteiger partial charge on any atom is -0.491 e. The van der Waals surface area contributed by atoms with E-state index in [2.05, 4.69) is 4.90 Å². The number of morpholine rings is 1. The molecule has 0 aromatic heterocycles. The Morgan fingerprint density at radius 3 is 2.80 bits per heavy atom. The number of benzene rings is 1. The highest BCUT2D eigenvalue weighted by atomic mass is 16.5. The first-order valence-corrected chi connectivity index (χ1v) is 7.03. The van der Waals surface area contributed by atoms with Crippen molar-refractivity contribution in [3.8, 4) is 5.75 Å². The Morgan fingerprint density at radius 2 is 2.10 bits per heavy atom. The molecule has 1 heterocycles. The molecule has 1 saturated heterocycles. The van der Waals surface area contributed by atoms with Crippen LogP contribution in [-0.4, -0.2) is 69.7 Å². The average molecular weight is 280 g/mol. The van der Waals surface area contributed by atoms with Crippen molar-refractivity contribution in [1.29, 1.82) is 0 Å². The molecule has 5 heteroatoms. The first-order chi connectivity index (χ1) is 9.65. The first kappa shape index (κ1) is 15.1. The maximum atomic E-state index is 10.0. The number of ether oxygens (including phenoxy) is 2. The molecule has 112 valence electrons. The van der Waals surface area contributed by atoms with Gasteiger partial charge in [-0.25, -0.2) is 0 Å². The predicted octanol–water partition coefficient (Wildman–Crippen LogP) is 0.824. The molecule has 1 N–H and O–H groups in total. The molecule has 0 amide bonds. The Balaban J connectivity index is 1.77. The highest BCUT2D eigenvalue weighted by Crippen LogP contribution is 2.19. The van der Waals surface area contributed by atoms with E-state index in [1.807, 2.05) is 43.3 Å². The summed E-state index contributed by atoms with van der Waals surface area (Å²) < 4.78 is 11.0. The number of anilines is 1. The molecule has 2 rings (SSSR count). The molecule has 1 aromatic rings. The van der Waals surface area contributed by atoms with Gasteiger partial charge in [0.1, 0.15) is 18.5 Å². The SMILES string of the molecule is CN(C)c1cccc(OC[C@H](O)CN2CCOCC2)c1. The van der Waals surface area contributed by atoms with E-state index in [1.165, 1.54) is 0 Å². The minimum absolute atomic E-state index is 0.314. The number of rotatable bonds is 6. The van der Waals surface area contributed by atoms with Crippen LogP contribution in [0.2, 0.25) is 0 Å². The molecule has 0 spiro atoms. The Labute approximate surface area is 120 Å². The van der Waals surface area contributed by atoms with Crippen LogP contribution < -0.4 is 9.64 Å². The lowest BCUT2D eigenvalue weighted by atomic mass is 10.3. The van der Waals surface area contributed by atoms with Gasteiger partial charge >= 0.3 is 0 Å². The van der Waals surface area contributed by atoms with Crippen molar-refractivity contribution in [3.05, 3.63) is 24.3 Å². The second-order valence-corrected chi connectivity index (χ2v) is 5.27. The minimum atomic E-state index is -0.476. The van der Waals surface area contributed by atoms with Gasteiger partial charge in [-0.2, -0.15) is 0 Å². The average Bonchev–Trinajstić information content (AvgIpc) is 2.46. The summed E-state index contributed by atoms with van der Waals surface area (Å²) in [6, 6.07) is 7.87. The number of nitrogens with zero attached hydrogens (tertiary/aromatic N) is 2. The van der Waals surface area contributed by atoms with Crippen molar-refractivity contribution in [2.75, 3.05) is 58.5 Å². The molecule has 0 saturated carbocycles. The molecule has 1 aliphatic rings. The molecule has 1 aliphatic heterocycles. The monoisotopic (exact) mass is 280 g/mol. The van der Waals surface area contributed by atoms with E-state index < -0.39 is 6.10 Å². The van der Waals surface area contributed by atoms with Gasteiger partial charge in [-0.15, -0.1) is 0 Å². The van der Waals surface area contributed by atoms with Crippen molar-refractivity contribution in [2.24, 2.45) is 0 Å². The van der Waals surface area contributed by atoms with E-state index >= 15 is 0 Å². The number of β-amino-alcohol motifs (C(OH)–C–C–N with tert-alkyl or cyclic N) is 1. The first-order valence-electron chi connectivity index (χ1n) is 7.03. The van der Waals surface area contributed by atoms with E-state index in [-0.39, 0.29) is 0 Å². The lowest BCUT2D eigenvalue weighted by Gasteiger charge is -2.28. The second kappa shape index (κ2) is 7.47. The van der Waals surface area contributed by atoms with E-state index in [0.29, 0.717) is 13.2 Å². The van der Waals surface area contributed by atoms with Gasteiger partial charge in [-0.05, 0) is 12.1 Å². The predicted molar refractivity (Wildman–Crippen MR) is 79.5 cm³/mol. The molecule has 0 aliphatic carbocycles. The Kier molecular flexibility index (Phi) is 5.64. The van der Waals surface area contributed by atoms with Crippen LogP contribution in [-0.2, 0) is 4.74 Å². The summed E-state index contributed by atoms with van der Waals surface area (Å²) in [5.74, 6) is 0.789. The molecule has 5 nitrogen and oxygen atoms in total. The summed E-state index contributed by atoms with van der Waals surface area (Å²) in [7, 11) is 3.98. The van der Waals surface area contributed by atoms with E-state index in [4.69, 9.17) is 9.47 Å². The third-order valence-corrected chi connectivity index (χ3v) is 3.35. The summed E-state index contributed by atoms with van der Waals surface area (Å²) in [5.41, 5.74) is 1.09. The highest BCUT2D eigenvalue weighted by molar-refractivity contribution is 5.49. The quantitative estimate of drug-likeness (QED) is 0.836. The van der Waals surface area contributed by atoms with Gasteiger partial charge in [0, 0.05) is 45.5 Å². The Morgan fingerprint density at radius 1 is 1.35 bits per heavy atom. The molecule has 0 unspecified atom stereocenters. The van der Waals surface area contributed by atoms with Crippen molar-refractivity contribution in [2.45, 2.75) is 6.10 Å². The van der Waals surface area contributed by atoms with Gasteiger partial charge in [0.05, 0.1) is 13.2 Å². The lowest BCUT2D eigenvalue weighted by Crippen LogP contribution is -2.42. The summed E-state index contributed by atoms with van der Waals surface area (Å²) >= 11 is 0. The van der Waals surface area contributed by atoms with E-state index in [1.54, 1.807) is 0 Å². The topological polar surface area (TPSA) is 45.2 Å². The molecule has 1 fully saturated rings. The highest BCUT2D eigenvalue weighted by Gasteiger charge is 2.15. The zero-order valence-electron chi connectivity index (χ0n) is 12.3. The lowest BCUT2D eigenvalue weighted by molar-refractivity contribution is 0.00466. The van der Waals surface area contributed by atoms with E-state index in [9.17, 15) is 5.11 Å². The smallest absolute Gasteiger partial charge is 0.121 e. The molecule has 1 atom stereocenters. The molecule has 0 bridgehead atoms. The number of aliphatic hydroxyl groups excluding tert-OH is 1. The van der Waals surface area contributed by atoms with Crippen molar-refractivity contribution in [1.82, 2.24) is 4.90 Å². The van der Waals surface area contributed by atoms with Gasteiger partial charge < -0.3 is 19.5 Å². The van der Waals surface area contributed by atoms with Crippen LogP contribution >= 0.6 is 0 Å². The molecule has 0 radical (unpaired) electrons. The van der Waals surface area contributed by atoms with Crippen molar-refractivity contribution >= 4 is 5.69 Å². The largest absolute Gasteiger partial charge is 0.491 e. The van der Waals surface area contributed by atoms with Gasteiger partial charge in [-0.1, -0.05) is 6.07 Å². The van der Waals surface area contributed by atoms with Gasteiger partial charge in [0.2, 0.25) is 0 Å². The van der Waals surface area contributed by atoms with Gasteiger partial charge in [0.25, 0.3) is 0 Å². The Bertz CT molecular complexity index is 406. The standard InChI is InChI=1S/C15H24N2O3/c1-16(2)13-4-3-5-15(10-13)20-12-14(18)11-17-6-8-19-9-7-17/h3-5,10,14,18H,6-9,11-12H2,1-2H3/t14-/m1/s1. The van der Waals surface area contributed by atoms with Gasteiger partial charge in [-0.3, -0.25) is 4.90 Å². The van der Waals surface area contributed by atoms with Crippen LogP contribution in [0, 0.1) is 0 Å². The molecule has 20 heavy (non-hydrogen) atoms. The summed E-state index contributed by atoms with van der Waals surface area (Å²) in [6.45, 7) is 4.21. The van der Waals surface area contributed by atoms with Crippen molar-refractivity contribution < 1.29 is 14.6 Å². The molecule has 1 aromatic carbocycles. The summed E-state index contributed by atoms with van der Waals surface area (Å²) in [4.78, 5) is 4.23. The van der Waals surface area contributed by atoms with Crippen LogP contribution in [0.15, 0.2) is 24.3 Å². The fourth-order valence-corrected chi connectivity index (χ4v) is 2.18. The number of hydrogen-bond donors (Lipinski definition) is 1. The zero-order chi connectivity index (χ0) is 14.4. The Hall–Kier alpha value is -1.30. The van der Waals surface area contributed by atoms with Crippen molar-refractivity contribution in [3.63, 3.8) is 0 Å². The summed E-state index contributed by atoms with van der Waals surface area (Å²) in [5, 5.41) is 10.0. The third-order valence-electron chi connectivity index (χ3n) is 3.35. The van der Waals surface area contributed by atoms with Crippen LogP contribution in [0.25, 0.3) is 0 Å². The van der Waals surface area contributed by atoms with Gasteiger partial charge in [0.15, 0.2) is 0 Å². The number of aliphatic hydroxyl groups is 1. The third kappa shape index (κ3) is 4.67. The fourth-order valence-electron chi connectivity index (χ4n) is 2.18. The molecular formula is C15H24N2O3. The van der Waals surface area contributed by atoms with Crippen LogP contribution in [0.5, 0.6) is 5.75 Å². The van der Waals surface area contributed by atoms with Crippen LogP contribution in [0.1, 0.15) is 0 Å².